The Morgan fingerprint density at radius 1 is 1.13 bits per heavy atom. The second-order valence-electron chi connectivity index (χ2n) is 5.98. The standard InChI is InChI=1S/C19H23N3O/c20-19(21-12-17(13-23)14-5-2-1-3-6-14)22-18-10-9-15-7-4-8-16(15)11-18/h1-3,5-6,9-11,17,23H,4,7-8,12-13H2,(H3,20,21,22). The fourth-order valence-corrected chi connectivity index (χ4v) is 3.04. The minimum atomic E-state index is -0.0310. The summed E-state index contributed by atoms with van der Waals surface area (Å²) >= 11 is 0. The molecule has 23 heavy (non-hydrogen) atoms. The van der Waals surface area contributed by atoms with E-state index in [2.05, 4.69) is 22.4 Å². The van der Waals surface area contributed by atoms with Crippen molar-refractivity contribution < 1.29 is 5.11 Å². The van der Waals surface area contributed by atoms with Crippen LogP contribution < -0.4 is 11.1 Å². The van der Waals surface area contributed by atoms with Crippen LogP contribution in [-0.4, -0.2) is 24.2 Å². The number of fused-ring (bicyclic) bond motifs is 1. The van der Waals surface area contributed by atoms with Crippen molar-refractivity contribution in [2.45, 2.75) is 25.2 Å². The van der Waals surface area contributed by atoms with Crippen LogP contribution in [0.1, 0.15) is 29.0 Å². The van der Waals surface area contributed by atoms with Gasteiger partial charge in [-0.15, -0.1) is 0 Å². The average Bonchev–Trinajstić information content (AvgIpc) is 3.04. The van der Waals surface area contributed by atoms with Gasteiger partial charge in [0.05, 0.1) is 13.2 Å². The molecule has 0 saturated heterocycles. The molecule has 0 spiro atoms. The van der Waals surface area contributed by atoms with Gasteiger partial charge in [-0.25, -0.2) is 0 Å². The van der Waals surface area contributed by atoms with Crippen LogP contribution in [0.5, 0.6) is 0 Å². The highest BCUT2D eigenvalue weighted by atomic mass is 16.3. The monoisotopic (exact) mass is 309 g/mol. The van der Waals surface area contributed by atoms with Crippen molar-refractivity contribution in [1.82, 2.24) is 0 Å². The molecule has 2 aromatic carbocycles. The number of aliphatic imine (C=N–C) groups is 1. The molecule has 0 aliphatic heterocycles. The zero-order valence-corrected chi connectivity index (χ0v) is 13.2. The van der Waals surface area contributed by atoms with Gasteiger partial charge in [0.2, 0.25) is 0 Å². The van der Waals surface area contributed by atoms with E-state index in [1.807, 2.05) is 36.4 Å². The summed E-state index contributed by atoms with van der Waals surface area (Å²) in [5.41, 5.74) is 10.9. The van der Waals surface area contributed by atoms with Crippen LogP contribution in [0.2, 0.25) is 0 Å². The van der Waals surface area contributed by atoms with Crippen molar-refractivity contribution in [3.63, 3.8) is 0 Å². The van der Waals surface area contributed by atoms with Gasteiger partial charge in [0.25, 0.3) is 0 Å². The molecule has 0 bridgehead atoms. The third-order valence-electron chi connectivity index (χ3n) is 4.34. The number of aliphatic hydroxyl groups is 1. The number of anilines is 1. The van der Waals surface area contributed by atoms with E-state index in [0.717, 1.165) is 17.7 Å². The number of nitrogens with two attached hydrogens (primary N) is 1. The summed E-state index contributed by atoms with van der Waals surface area (Å²) in [6.45, 7) is 0.518. The smallest absolute Gasteiger partial charge is 0.193 e. The fourth-order valence-electron chi connectivity index (χ4n) is 3.04. The maximum atomic E-state index is 9.56. The highest BCUT2D eigenvalue weighted by Crippen LogP contribution is 2.24. The molecular weight excluding hydrogens is 286 g/mol. The molecule has 3 rings (SSSR count). The summed E-state index contributed by atoms with van der Waals surface area (Å²) < 4.78 is 0. The first kappa shape index (κ1) is 15.6. The molecule has 1 aliphatic carbocycles. The van der Waals surface area contributed by atoms with Gasteiger partial charge >= 0.3 is 0 Å². The van der Waals surface area contributed by atoms with E-state index in [4.69, 9.17) is 5.73 Å². The van der Waals surface area contributed by atoms with Crippen LogP contribution in [-0.2, 0) is 12.8 Å². The quantitative estimate of drug-likeness (QED) is 0.587. The Kier molecular flexibility index (Phi) is 4.93. The van der Waals surface area contributed by atoms with Crippen LogP contribution in [0, 0.1) is 0 Å². The van der Waals surface area contributed by atoms with Gasteiger partial charge in [0.1, 0.15) is 0 Å². The Bertz CT molecular complexity index is 682. The lowest BCUT2D eigenvalue weighted by Gasteiger charge is -2.13. The Balaban J connectivity index is 1.63. The number of benzene rings is 2. The number of hydrogen-bond acceptors (Lipinski definition) is 2. The Morgan fingerprint density at radius 2 is 1.91 bits per heavy atom. The molecule has 0 radical (unpaired) electrons. The fraction of sp³-hybridized carbons (Fsp3) is 0.316. The molecule has 0 saturated carbocycles. The van der Waals surface area contributed by atoms with Crippen molar-refractivity contribution in [3.05, 3.63) is 65.2 Å². The number of aryl methyl sites for hydroxylation is 2. The predicted molar refractivity (Wildman–Crippen MR) is 94.8 cm³/mol. The number of nitrogens with one attached hydrogen (secondary N) is 1. The number of hydrogen-bond donors (Lipinski definition) is 3. The van der Waals surface area contributed by atoms with Crippen molar-refractivity contribution >= 4 is 11.6 Å². The third kappa shape index (κ3) is 3.90. The zero-order valence-electron chi connectivity index (χ0n) is 13.2. The van der Waals surface area contributed by atoms with Crippen molar-refractivity contribution in [2.75, 3.05) is 18.5 Å². The van der Waals surface area contributed by atoms with E-state index in [0.29, 0.717) is 12.5 Å². The van der Waals surface area contributed by atoms with Gasteiger partial charge < -0.3 is 16.2 Å². The van der Waals surface area contributed by atoms with Crippen LogP contribution in [0.25, 0.3) is 0 Å². The molecule has 0 aromatic heterocycles. The molecule has 0 heterocycles. The maximum absolute atomic E-state index is 9.56. The topological polar surface area (TPSA) is 70.6 Å². The predicted octanol–water partition coefficient (Wildman–Crippen LogP) is 2.68. The molecule has 120 valence electrons. The van der Waals surface area contributed by atoms with Crippen LogP contribution in [0.4, 0.5) is 5.69 Å². The molecule has 0 amide bonds. The largest absolute Gasteiger partial charge is 0.396 e. The minimum Gasteiger partial charge on any atom is -0.396 e. The van der Waals surface area contributed by atoms with Crippen LogP contribution >= 0.6 is 0 Å². The summed E-state index contributed by atoms with van der Waals surface area (Å²) in [5.74, 6) is 0.355. The SMILES string of the molecule is NC(=NCC(CO)c1ccccc1)Nc1ccc2c(c1)CCC2. The highest BCUT2D eigenvalue weighted by molar-refractivity contribution is 5.92. The molecule has 2 aromatic rings. The third-order valence-corrected chi connectivity index (χ3v) is 4.34. The summed E-state index contributed by atoms with van der Waals surface area (Å²) in [6.07, 6.45) is 3.55. The van der Waals surface area contributed by atoms with Crippen molar-refractivity contribution in [3.8, 4) is 0 Å². The first-order valence-electron chi connectivity index (χ1n) is 8.11. The summed E-state index contributed by atoms with van der Waals surface area (Å²) in [6, 6.07) is 16.3. The lowest BCUT2D eigenvalue weighted by Crippen LogP contribution is -2.24. The normalized spacial score (nSPS) is 15.3. The average molecular weight is 309 g/mol. The molecule has 4 nitrogen and oxygen atoms in total. The maximum Gasteiger partial charge on any atom is 0.193 e. The van der Waals surface area contributed by atoms with Gasteiger partial charge in [-0.05, 0) is 48.1 Å². The van der Waals surface area contributed by atoms with Crippen molar-refractivity contribution in [2.24, 2.45) is 10.7 Å². The Morgan fingerprint density at radius 3 is 2.70 bits per heavy atom. The van der Waals surface area contributed by atoms with Gasteiger partial charge in [-0.3, -0.25) is 4.99 Å². The van der Waals surface area contributed by atoms with E-state index in [-0.39, 0.29) is 12.5 Å². The molecule has 4 heteroatoms. The Labute approximate surface area is 137 Å². The zero-order chi connectivity index (χ0) is 16.1. The van der Waals surface area contributed by atoms with E-state index >= 15 is 0 Å². The molecule has 1 unspecified atom stereocenters. The van der Waals surface area contributed by atoms with Crippen LogP contribution in [0.15, 0.2) is 53.5 Å². The first-order valence-corrected chi connectivity index (χ1v) is 8.11. The lowest BCUT2D eigenvalue weighted by molar-refractivity contribution is 0.268. The van der Waals surface area contributed by atoms with E-state index in [9.17, 15) is 5.11 Å². The second-order valence-corrected chi connectivity index (χ2v) is 5.98. The lowest BCUT2D eigenvalue weighted by atomic mass is 10.0. The number of aliphatic hydroxyl groups excluding tert-OH is 1. The summed E-state index contributed by atoms with van der Waals surface area (Å²) in [4.78, 5) is 4.38. The Hall–Kier alpha value is -2.33. The number of rotatable bonds is 5. The van der Waals surface area contributed by atoms with E-state index in [1.54, 1.807) is 0 Å². The van der Waals surface area contributed by atoms with Gasteiger partial charge in [-0.2, -0.15) is 0 Å². The minimum absolute atomic E-state index is 0.0310. The molecule has 1 atom stereocenters. The van der Waals surface area contributed by atoms with Crippen molar-refractivity contribution in [1.29, 1.82) is 0 Å². The van der Waals surface area contributed by atoms with Crippen LogP contribution in [0.3, 0.4) is 0 Å². The van der Waals surface area contributed by atoms with Gasteiger partial charge in [-0.1, -0.05) is 36.4 Å². The van der Waals surface area contributed by atoms with Gasteiger partial charge in [0.15, 0.2) is 5.96 Å². The number of nitrogens with zero attached hydrogens (tertiary/aromatic N) is 1. The van der Waals surface area contributed by atoms with Gasteiger partial charge in [0, 0.05) is 11.6 Å². The summed E-state index contributed by atoms with van der Waals surface area (Å²) in [7, 11) is 0. The number of guanidine groups is 1. The molecule has 0 fully saturated rings. The second kappa shape index (κ2) is 7.29. The van der Waals surface area contributed by atoms with E-state index < -0.39 is 0 Å². The first-order chi connectivity index (χ1) is 11.3. The van der Waals surface area contributed by atoms with E-state index in [1.165, 1.54) is 24.0 Å². The summed E-state index contributed by atoms with van der Waals surface area (Å²) in [5, 5.41) is 12.7. The highest BCUT2D eigenvalue weighted by Gasteiger charge is 2.12. The molecular formula is C19H23N3O. The molecule has 1 aliphatic rings. The molecule has 4 N–H and O–H groups in total.